The SMILES string of the molecule is O=C(O)CCC(=O)OCC1OC2OC3C(COC(=O)CCCc4ccc5ccc6cccc7ccc4c5c67)OC(CCCCOC4C(CO)OC(OC1C(O)C2O)C(O)C4O)C(O)C3O. The minimum atomic E-state index is -2.00. The Bertz CT molecular complexity index is 2240. The number of hydrogen-bond donors (Lipinski definition) is 8. The number of carbonyl (C=O) groups is 3. The normalized spacial score (nSPS) is 34.7. The summed E-state index contributed by atoms with van der Waals surface area (Å²) in [7, 11) is 0. The van der Waals surface area contributed by atoms with Crippen LogP contribution in [0.25, 0.3) is 32.3 Å². The lowest BCUT2D eigenvalue weighted by atomic mass is 9.90. The zero-order chi connectivity index (χ0) is 45.9. The third-order valence-electron chi connectivity index (χ3n) is 12.8. The van der Waals surface area contributed by atoms with Crippen molar-refractivity contribution < 1.29 is 93.1 Å². The highest BCUT2D eigenvalue weighted by atomic mass is 16.8. The third kappa shape index (κ3) is 10.2. The van der Waals surface area contributed by atoms with Crippen molar-refractivity contribution in [3.8, 4) is 0 Å². The van der Waals surface area contributed by atoms with E-state index in [4.69, 9.17) is 43.0 Å². The van der Waals surface area contributed by atoms with E-state index in [0.29, 0.717) is 25.7 Å². The van der Waals surface area contributed by atoms with Crippen LogP contribution in [0.3, 0.4) is 0 Å². The van der Waals surface area contributed by atoms with Crippen LogP contribution in [0.2, 0.25) is 0 Å². The maximum atomic E-state index is 13.3. The average molecular weight is 913 g/mol. The van der Waals surface area contributed by atoms with E-state index in [-0.39, 0.29) is 19.4 Å². The fourth-order valence-corrected chi connectivity index (χ4v) is 9.37. The first-order valence-corrected chi connectivity index (χ1v) is 22.1. The van der Waals surface area contributed by atoms with Crippen LogP contribution in [0.15, 0.2) is 54.6 Å². The zero-order valence-electron chi connectivity index (χ0n) is 35.4. The molecule has 4 aromatic carbocycles. The van der Waals surface area contributed by atoms with Crippen molar-refractivity contribution in [1.29, 1.82) is 0 Å². The van der Waals surface area contributed by atoms with Gasteiger partial charge in [-0.1, -0.05) is 54.6 Å². The van der Waals surface area contributed by atoms with Crippen molar-refractivity contribution in [3.05, 3.63) is 60.2 Å². The van der Waals surface area contributed by atoms with Gasteiger partial charge in [-0.05, 0) is 70.0 Å². The number of aliphatic hydroxyl groups excluding tert-OH is 7. The van der Waals surface area contributed by atoms with Crippen LogP contribution in [-0.4, -0.2) is 177 Å². The number of aliphatic hydroxyl groups is 7. The van der Waals surface area contributed by atoms with Crippen molar-refractivity contribution in [2.75, 3.05) is 26.4 Å². The van der Waals surface area contributed by atoms with Crippen molar-refractivity contribution in [2.24, 2.45) is 0 Å². The summed E-state index contributed by atoms with van der Waals surface area (Å²) in [4.78, 5) is 36.9. The molecule has 4 aromatic rings. The molecule has 11 saturated heterocycles. The molecule has 19 heteroatoms. The monoisotopic (exact) mass is 912 g/mol. The first kappa shape index (κ1) is 47.3. The van der Waals surface area contributed by atoms with Gasteiger partial charge in [0.1, 0.15) is 86.5 Å². The number of benzene rings is 4. The van der Waals surface area contributed by atoms with E-state index in [9.17, 15) is 50.1 Å². The number of ether oxygens (including phenoxy) is 8. The number of carbonyl (C=O) groups excluding carboxylic acids is 2. The van der Waals surface area contributed by atoms with Gasteiger partial charge in [-0.25, -0.2) is 0 Å². The lowest BCUT2D eigenvalue weighted by Gasteiger charge is -2.48. The third-order valence-corrected chi connectivity index (χ3v) is 12.8. The number of rotatable bonds is 12. The van der Waals surface area contributed by atoms with E-state index >= 15 is 0 Å². The molecule has 0 aliphatic carbocycles. The number of hydrogen-bond acceptors (Lipinski definition) is 18. The number of carboxylic acid groups (broad SMARTS) is 1. The quantitative estimate of drug-likeness (QED) is 0.0712. The molecule has 6 bridgehead atoms. The Morgan fingerprint density at radius 2 is 1.15 bits per heavy atom. The van der Waals surface area contributed by atoms with E-state index in [1.54, 1.807) is 0 Å². The Hall–Kier alpha value is -4.19. The first-order chi connectivity index (χ1) is 31.3. The summed E-state index contributed by atoms with van der Waals surface area (Å²) >= 11 is 0. The van der Waals surface area contributed by atoms with Crippen LogP contribution >= 0.6 is 0 Å². The fourth-order valence-electron chi connectivity index (χ4n) is 9.37. The molecule has 11 aliphatic heterocycles. The molecule has 354 valence electrons. The number of aryl methyl sites for hydroxylation is 1. The van der Waals surface area contributed by atoms with E-state index in [1.165, 1.54) is 10.8 Å². The summed E-state index contributed by atoms with van der Waals surface area (Å²) in [5, 5.41) is 93.9. The summed E-state index contributed by atoms with van der Waals surface area (Å²) in [5.41, 5.74) is 1.08. The molecule has 19 nitrogen and oxygen atoms in total. The largest absolute Gasteiger partial charge is 0.481 e. The number of esters is 2. The maximum absolute atomic E-state index is 13.3. The van der Waals surface area contributed by atoms with Crippen molar-refractivity contribution in [1.82, 2.24) is 0 Å². The predicted octanol–water partition coefficient (Wildman–Crippen LogP) is 0.572. The molecular weight excluding hydrogens is 856 g/mol. The van der Waals surface area contributed by atoms with E-state index in [1.807, 2.05) is 6.07 Å². The van der Waals surface area contributed by atoms with Gasteiger partial charge in [-0.15, -0.1) is 0 Å². The van der Waals surface area contributed by atoms with Crippen LogP contribution in [0.5, 0.6) is 0 Å². The average Bonchev–Trinajstić information content (AvgIpc) is 3.30. The van der Waals surface area contributed by atoms with Gasteiger partial charge in [0, 0.05) is 13.0 Å². The van der Waals surface area contributed by atoms with Crippen LogP contribution in [0.1, 0.15) is 50.5 Å². The van der Waals surface area contributed by atoms with Crippen molar-refractivity contribution >= 4 is 50.2 Å². The summed E-state index contributed by atoms with van der Waals surface area (Å²) in [6.45, 7) is -1.86. The Kier molecular flexibility index (Phi) is 15.1. The molecule has 0 saturated carbocycles. The van der Waals surface area contributed by atoms with Gasteiger partial charge >= 0.3 is 17.9 Å². The van der Waals surface area contributed by atoms with Crippen LogP contribution in [0, 0.1) is 0 Å². The molecule has 0 radical (unpaired) electrons. The van der Waals surface area contributed by atoms with Crippen molar-refractivity contribution in [2.45, 2.75) is 143 Å². The van der Waals surface area contributed by atoms with Gasteiger partial charge < -0.3 is 78.7 Å². The highest BCUT2D eigenvalue weighted by Crippen LogP contribution is 2.37. The molecule has 11 heterocycles. The molecular formula is C46H56O19. The fraction of sp³-hybridized carbons (Fsp3) is 0.587. The van der Waals surface area contributed by atoms with Gasteiger partial charge in [-0.2, -0.15) is 0 Å². The molecule has 0 spiro atoms. The summed E-state index contributed by atoms with van der Waals surface area (Å²) in [6, 6.07) is 18.8. The van der Waals surface area contributed by atoms with Gasteiger partial charge in [0.05, 0.1) is 25.6 Å². The molecule has 11 aliphatic rings. The van der Waals surface area contributed by atoms with Gasteiger partial charge in [0.15, 0.2) is 12.6 Å². The Labute approximate surface area is 372 Å². The minimum absolute atomic E-state index is 0.00492. The molecule has 65 heavy (non-hydrogen) atoms. The number of aliphatic carboxylic acids is 1. The first-order valence-electron chi connectivity index (χ1n) is 22.1. The lowest BCUT2D eigenvalue weighted by Crippen LogP contribution is -2.66. The zero-order valence-corrected chi connectivity index (χ0v) is 35.4. The van der Waals surface area contributed by atoms with E-state index in [0.717, 1.165) is 27.1 Å². The molecule has 15 unspecified atom stereocenters. The minimum Gasteiger partial charge on any atom is -0.481 e. The maximum Gasteiger partial charge on any atom is 0.306 e. The van der Waals surface area contributed by atoms with Crippen molar-refractivity contribution in [3.63, 3.8) is 0 Å². The summed E-state index contributed by atoms with van der Waals surface area (Å²) < 4.78 is 46.7. The smallest absolute Gasteiger partial charge is 0.306 e. The highest BCUT2D eigenvalue weighted by molar-refractivity contribution is 6.23. The van der Waals surface area contributed by atoms with Crippen LogP contribution < -0.4 is 0 Å². The topological polar surface area (TPSA) is 287 Å². The van der Waals surface area contributed by atoms with Gasteiger partial charge in [0.2, 0.25) is 0 Å². The molecule has 15 rings (SSSR count). The second-order valence-electron chi connectivity index (χ2n) is 17.2. The summed E-state index contributed by atoms with van der Waals surface area (Å²) in [5.74, 6) is -2.80. The molecule has 0 amide bonds. The number of carboxylic acids is 1. The van der Waals surface area contributed by atoms with Crippen LogP contribution in [-0.2, 0) is 58.7 Å². The molecule has 8 N–H and O–H groups in total. The molecule has 15 atom stereocenters. The highest BCUT2D eigenvalue weighted by Gasteiger charge is 2.54. The van der Waals surface area contributed by atoms with Gasteiger partial charge in [-0.3, -0.25) is 14.4 Å². The Balaban J connectivity index is 0.989. The second kappa shape index (κ2) is 20.8. The molecule has 0 aromatic heterocycles. The Morgan fingerprint density at radius 1 is 0.585 bits per heavy atom. The standard InChI is InChI=1S/C46H56O19/c47-19-28-42-38(54)40(56)45(62-28)65-44-30(21-60-33(51)17-16-31(48)49)63-46(41(57)39(44)55)64-43-29(61-27(36(52)37(43)53)8-1-2-18-58-42)20-59-32(50)9-4-5-22-10-11-25-13-12-23-6-3-7-24-14-15-26(22)35(25)34(23)24/h3,6-7,10-15,27-30,36-47,52-57H,1-2,4-5,8-9,16-21H2,(H,48,49). The second-order valence-corrected chi connectivity index (χ2v) is 17.2. The lowest BCUT2D eigenvalue weighted by molar-refractivity contribution is -0.373. The predicted molar refractivity (Wildman–Crippen MR) is 224 cm³/mol. The molecule has 11 fully saturated rings. The Morgan fingerprint density at radius 3 is 1.82 bits per heavy atom. The van der Waals surface area contributed by atoms with Gasteiger partial charge in [0.25, 0.3) is 0 Å². The van der Waals surface area contributed by atoms with E-state index in [2.05, 4.69) is 48.5 Å². The van der Waals surface area contributed by atoms with E-state index < -0.39 is 143 Å². The van der Waals surface area contributed by atoms with Crippen LogP contribution in [0.4, 0.5) is 0 Å². The summed E-state index contributed by atoms with van der Waals surface area (Å²) in [6.07, 6.45) is -23.0.